The van der Waals surface area contributed by atoms with E-state index < -0.39 is 5.82 Å². The van der Waals surface area contributed by atoms with Crippen molar-refractivity contribution in [2.45, 2.75) is 90.9 Å². The van der Waals surface area contributed by atoms with Gasteiger partial charge in [0.05, 0.1) is 13.2 Å². The van der Waals surface area contributed by atoms with E-state index in [-0.39, 0.29) is 17.3 Å². The van der Waals surface area contributed by atoms with Crippen molar-refractivity contribution in [3.63, 3.8) is 0 Å². The molecule has 0 saturated carbocycles. The van der Waals surface area contributed by atoms with Crippen LogP contribution in [0.2, 0.25) is 0 Å². The van der Waals surface area contributed by atoms with E-state index in [9.17, 15) is 0 Å². The van der Waals surface area contributed by atoms with Gasteiger partial charge < -0.3 is 9.47 Å². The third-order valence-electron chi connectivity index (χ3n) is 6.93. The molecule has 0 saturated heterocycles. The fourth-order valence-electron chi connectivity index (χ4n) is 4.67. The minimum atomic E-state index is -0.507. The molecule has 0 spiro atoms. The summed E-state index contributed by atoms with van der Waals surface area (Å²) in [4.78, 5) is 0. The number of halogens is 2. The Labute approximate surface area is 228 Å². The van der Waals surface area contributed by atoms with Crippen LogP contribution in [0.15, 0.2) is 60.7 Å². The molecule has 4 heteroatoms. The van der Waals surface area contributed by atoms with E-state index in [0.29, 0.717) is 29.9 Å². The van der Waals surface area contributed by atoms with Gasteiger partial charge in [-0.15, -0.1) is 0 Å². The maximum Gasteiger partial charge on any atom is 0.207 e. The molecular weight excluding hydrogens is 478 g/mol. The Morgan fingerprint density at radius 2 is 1.13 bits per heavy atom. The molecule has 0 aliphatic rings. The molecule has 0 amide bonds. The van der Waals surface area contributed by atoms with Gasteiger partial charge in [-0.1, -0.05) is 121 Å². The molecule has 0 aromatic heterocycles. The molecule has 0 bridgehead atoms. The van der Waals surface area contributed by atoms with Gasteiger partial charge in [0.2, 0.25) is 5.82 Å². The van der Waals surface area contributed by atoms with Gasteiger partial charge >= 0.3 is 0 Å². The first-order valence-corrected chi connectivity index (χ1v) is 14.6. The van der Waals surface area contributed by atoms with Gasteiger partial charge in [-0.2, -0.15) is 4.39 Å². The number of ether oxygens (including phenoxy) is 2. The van der Waals surface area contributed by atoms with E-state index in [1.165, 1.54) is 51.0 Å². The Morgan fingerprint density at radius 1 is 0.553 bits per heavy atom. The standard InChI is InChI=1S/C34H44F2O2/c1-3-5-7-9-11-16-24-37-32-23-22-30(34(33(32)36)38-25-17-12-10-8-6-4-2)28-20-21-29(31(35)26-28)27-18-14-13-15-19-27/h13-15,18-23,26H,3-12,16-17,24-25H2,1-2H3. The van der Waals surface area contributed by atoms with Crippen molar-refractivity contribution in [3.8, 4) is 33.8 Å². The molecule has 2 nitrogen and oxygen atoms in total. The van der Waals surface area contributed by atoms with E-state index >= 15 is 8.78 Å². The summed E-state index contributed by atoms with van der Waals surface area (Å²) < 4.78 is 42.7. The predicted octanol–water partition coefficient (Wildman–Crippen LogP) is 10.8. The van der Waals surface area contributed by atoms with Crippen LogP contribution in [0, 0.1) is 11.6 Å². The van der Waals surface area contributed by atoms with Crippen LogP contribution in [-0.4, -0.2) is 13.2 Å². The average Bonchev–Trinajstić information content (AvgIpc) is 2.94. The summed E-state index contributed by atoms with van der Waals surface area (Å²) in [5.74, 6) is -0.515. The van der Waals surface area contributed by atoms with Crippen LogP contribution in [-0.2, 0) is 0 Å². The summed E-state index contributed by atoms with van der Waals surface area (Å²) in [6, 6.07) is 17.9. The molecule has 0 radical (unpaired) electrons. The molecule has 0 unspecified atom stereocenters. The Morgan fingerprint density at radius 3 is 1.76 bits per heavy atom. The second kappa shape index (κ2) is 16.9. The van der Waals surface area contributed by atoms with Crippen LogP contribution >= 0.6 is 0 Å². The van der Waals surface area contributed by atoms with Crippen molar-refractivity contribution < 1.29 is 18.3 Å². The molecule has 0 N–H and O–H groups in total. The minimum Gasteiger partial charge on any atom is -0.490 e. The molecule has 0 atom stereocenters. The first-order chi connectivity index (χ1) is 18.7. The molecule has 206 valence electrons. The lowest BCUT2D eigenvalue weighted by atomic mass is 9.98. The summed E-state index contributed by atoms with van der Waals surface area (Å²) >= 11 is 0. The number of benzene rings is 3. The second-order valence-electron chi connectivity index (χ2n) is 10.0. The first kappa shape index (κ1) is 29.7. The number of hydrogen-bond donors (Lipinski definition) is 0. The van der Waals surface area contributed by atoms with Crippen molar-refractivity contribution in [1.29, 1.82) is 0 Å². The van der Waals surface area contributed by atoms with E-state index in [4.69, 9.17) is 9.47 Å². The lowest BCUT2D eigenvalue weighted by Gasteiger charge is -2.16. The smallest absolute Gasteiger partial charge is 0.207 e. The predicted molar refractivity (Wildman–Crippen MR) is 155 cm³/mol. The number of hydrogen-bond acceptors (Lipinski definition) is 2. The normalized spacial score (nSPS) is 11.1. The number of unbranched alkanes of at least 4 members (excludes halogenated alkanes) is 10. The molecule has 0 fully saturated rings. The van der Waals surface area contributed by atoms with Crippen molar-refractivity contribution in [1.82, 2.24) is 0 Å². The first-order valence-electron chi connectivity index (χ1n) is 14.6. The lowest BCUT2D eigenvalue weighted by molar-refractivity contribution is 0.265. The van der Waals surface area contributed by atoms with Crippen molar-refractivity contribution in [2.24, 2.45) is 0 Å². The van der Waals surface area contributed by atoms with Gasteiger partial charge in [0.15, 0.2) is 11.5 Å². The summed E-state index contributed by atoms with van der Waals surface area (Å²) in [6.45, 7) is 5.29. The highest BCUT2D eigenvalue weighted by molar-refractivity contribution is 5.75. The van der Waals surface area contributed by atoms with Crippen molar-refractivity contribution >= 4 is 0 Å². The van der Waals surface area contributed by atoms with Gasteiger partial charge in [-0.25, -0.2) is 4.39 Å². The zero-order valence-corrected chi connectivity index (χ0v) is 23.2. The molecular formula is C34H44F2O2. The van der Waals surface area contributed by atoms with Crippen LogP contribution < -0.4 is 9.47 Å². The SMILES string of the molecule is CCCCCCCCOc1ccc(-c2ccc(-c3ccccc3)c(F)c2)c(OCCCCCCCC)c1F. The minimum absolute atomic E-state index is 0.144. The van der Waals surface area contributed by atoms with Gasteiger partial charge in [0, 0.05) is 11.1 Å². The van der Waals surface area contributed by atoms with Crippen LogP contribution in [0.1, 0.15) is 90.9 Å². The average molecular weight is 523 g/mol. The second-order valence-corrected chi connectivity index (χ2v) is 10.0. The highest BCUT2D eigenvalue weighted by Gasteiger charge is 2.19. The van der Waals surface area contributed by atoms with Gasteiger partial charge in [-0.3, -0.25) is 0 Å². The van der Waals surface area contributed by atoms with Gasteiger partial charge in [0.25, 0.3) is 0 Å². The quantitative estimate of drug-likeness (QED) is 0.155. The van der Waals surface area contributed by atoms with E-state index in [1.807, 2.05) is 36.4 Å². The zero-order chi connectivity index (χ0) is 27.0. The number of rotatable bonds is 18. The zero-order valence-electron chi connectivity index (χ0n) is 23.2. The fourth-order valence-corrected chi connectivity index (χ4v) is 4.67. The summed E-state index contributed by atoms with van der Waals surface area (Å²) in [7, 11) is 0. The maximum absolute atomic E-state index is 15.7. The molecule has 3 aromatic rings. The van der Waals surface area contributed by atoms with Crippen LogP contribution in [0.3, 0.4) is 0 Å². The Bertz CT molecular complexity index is 1080. The molecule has 3 rings (SSSR count). The van der Waals surface area contributed by atoms with Gasteiger partial charge in [-0.05, 0) is 42.2 Å². The molecule has 0 heterocycles. The van der Waals surface area contributed by atoms with Crippen LogP contribution in [0.4, 0.5) is 8.78 Å². The van der Waals surface area contributed by atoms with Crippen LogP contribution in [0.25, 0.3) is 22.3 Å². The Balaban J connectivity index is 1.74. The summed E-state index contributed by atoms with van der Waals surface area (Å²) in [5.41, 5.74) is 2.45. The molecule has 3 aromatic carbocycles. The third kappa shape index (κ3) is 9.15. The Kier molecular flexibility index (Phi) is 13.2. The summed E-state index contributed by atoms with van der Waals surface area (Å²) in [6.07, 6.45) is 13.6. The van der Waals surface area contributed by atoms with Gasteiger partial charge in [0.1, 0.15) is 5.82 Å². The van der Waals surface area contributed by atoms with Crippen LogP contribution in [0.5, 0.6) is 11.5 Å². The molecule has 38 heavy (non-hydrogen) atoms. The highest BCUT2D eigenvalue weighted by atomic mass is 19.1. The lowest BCUT2D eigenvalue weighted by Crippen LogP contribution is -2.05. The topological polar surface area (TPSA) is 18.5 Å². The maximum atomic E-state index is 15.7. The fraction of sp³-hybridized carbons (Fsp3) is 0.471. The van der Waals surface area contributed by atoms with Crippen molar-refractivity contribution in [3.05, 3.63) is 72.3 Å². The Hall–Kier alpha value is -2.88. The summed E-state index contributed by atoms with van der Waals surface area (Å²) in [5, 5.41) is 0. The molecule has 0 aliphatic carbocycles. The van der Waals surface area contributed by atoms with E-state index in [1.54, 1.807) is 18.2 Å². The largest absolute Gasteiger partial charge is 0.490 e. The van der Waals surface area contributed by atoms with Crippen molar-refractivity contribution in [2.75, 3.05) is 13.2 Å². The van der Waals surface area contributed by atoms with E-state index in [0.717, 1.165) is 37.7 Å². The third-order valence-corrected chi connectivity index (χ3v) is 6.93. The molecule has 0 aliphatic heterocycles. The monoisotopic (exact) mass is 522 g/mol. The highest BCUT2D eigenvalue weighted by Crippen LogP contribution is 2.39. The van der Waals surface area contributed by atoms with E-state index in [2.05, 4.69) is 13.8 Å².